The number of anilines is 1. The number of ether oxygens (including phenoxy) is 1. The van der Waals surface area contributed by atoms with E-state index in [0.29, 0.717) is 0 Å². The lowest BCUT2D eigenvalue weighted by Crippen LogP contribution is -2.72. The molecule has 0 aliphatic rings. The number of amides is 1. The van der Waals surface area contributed by atoms with E-state index in [4.69, 9.17) is 0 Å². The topological polar surface area (TPSA) is 29.5 Å². The van der Waals surface area contributed by atoms with E-state index < -0.39 is 53.9 Å². The van der Waals surface area contributed by atoms with Gasteiger partial charge in [0, 0.05) is 18.3 Å². The van der Waals surface area contributed by atoms with E-state index in [0.717, 1.165) is 32.2 Å². The number of benzene rings is 1. The average Bonchev–Trinajstić information content (AvgIpc) is 2.67. The molecule has 0 radical (unpaired) electrons. The van der Waals surface area contributed by atoms with Gasteiger partial charge in [-0.25, -0.2) is 0 Å². The van der Waals surface area contributed by atoms with E-state index in [1.165, 1.54) is 6.07 Å². The van der Waals surface area contributed by atoms with Gasteiger partial charge in [-0.2, -0.15) is 57.1 Å². The molecule has 0 aliphatic heterocycles. The fraction of sp³-hybridized carbons (Fsp3) is 0.562. The number of hydrogen-bond acceptors (Lipinski definition) is 2. The Morgan fingerprint density at radius 1 is 0.812 bits per heavy atom. The van der Waals surface area contributed by atoms with Crippen LogP contribution in [0.15, 0.2) is 24.3 Å². The molecule has 0 N–H and O–H groups in total. The Morgan fingerprint density at radius 2 is 1.28 bits per heavy atom. The van der Waals surface area contributed by atoms with Gasteiger partial charge in [-0.3, -0.25) is 4.79 Å². The fourth-order valence-corrected chi connectivity index (χ4v) is 2.30. The maximum atomic E-state index is 14.1. The summed E-state index contributed by atoms with van der Waals surface area (Å²) in [6, 6.07) is 3.76. The van der Waals surface area contributed by atoms with Crippen LogP contribution in [0.5, 0.6) is 5.75 Å². The minimum Gasteiger partial charge on any atom is -0.497 e. The zero-order chi connectivity index (χ0) is 25.6. The second-order valence-electron chi connectivity index (χ2n) is 6.12. The maximum Gasteiger partial charge on any atom is 0.460 e. The van der Waals surface area contributed by atoms with Crippen LogP contribution in [0.25, 0.3) is 0 Å². The molecule has 1 amide bonds. The van der Waals surface area contributed by atoms with E-state index in [2.05, 4.69) is 4.74 Å². The van der Waals surface area contributed by atoms with Crippen LogP contribution in [-0.2, 0) is 4.79 Å². The van der Waals surface area contributed by atoms with Gasteiger partial charge in [0.25, 0.3) is 0 Å². The quantitative estimate of drug-likeness (QED) is 0.426. The lowest BCUT2D eigenvalue weighted by molar-refractivity contribution is -0.436. The zero-order valence-corrected chi connectivity index (χ0v) is 15.7. The third-order valence-electron chi connectivity index (χ3n) is 4.13. The van der Waals surface area contributed by atoms with Crippen molar-refractivity contribution in [1.29, 1.82) is 0 Å². The molecule has 0 spiro atoms. The summed E-state index contributed by atoms with van der Waals surface area (Å²) in [4.78, 5) is 11.6. The van der Waals surface area contributed by atoms with E-state index in [9.17, 15) is 61.9 Å². The van der Waals surface area contributed by atoms with Crippen LogP contribution in [0.2, 0.25) is 0 Å². The number of carbonyl (C=O) groups excluding carboxylic acids is 1. The first-order valence-electron chi connectivity index (χ1n) is 8.07. The largest absolute Gasteiger partial charge is 0.497 e. The van der Waals surface area contributed by atoms with Crippen LogP contribution < -0.4 is 9.64 Å². The Kier molecular flexibility index (Phi) is 7.05. The molecular formula is C16H12F13NO2. The van der Waals surface area contributed by atoms with Crippen LogP contribution in [0.3, 0.4) is 0 Å². The van der Waals surface area contributed by atoms with Crippen molar-refractivity contribution < 1.29 is 66.6 Å². The Labute approximate surface area is 170 Å². The molecule has 0 saturated heterocycles. The van der Waals surface area contributed by atoms with Gasteiger partial charge in [-0.05, 0) is 19.1 Å². The summed E-state index contributed by atoms with van der Waals surface area (Å²) >= 11 is 0. The Morgan fingerprint density at radius 3 is 1.69 bits per heavy atom. The van der Waals surface area contributed by atoms with E-state index >= 15 is 0 Å². The molecule has 0 unspecified atom stereocenters. The Hall–Kier alpha value is -2.42. The first kappa shape index (κ1) is 27.6. The van der Waals surface area contributed by atoms with Crippen molar-refractivity contribution in [3.05, 3.63) is 24.3 Å². The summed E-state index contributed by atoms with van der Waals surface area (Å²) in [5.74, 6) is -42.0. The predicted octanol–water partition coefficient (Wildman–Crippen LogP) is 5.79. The van der Waals surface area contributed by atoms with Gasteiger partial charge in [-0.15, -0.1) is 0 Å². The Bertz CT molecular complexity index is 835. The number of rotatable bonds is 8. The van der Waals surface area contributed by atoms with Gasteiger partial charge in [0.15, 0.2) is 0 Å². The number of hydrogen-bond donors (Lipinski definition) is 0. The van der Waals surface area contributed by atoms with E-state index in [-0.39, 0.29) is 10.6 Å². The van der Waals surface area contributed by atoms with Crippen LogP contribution in [0.4, 0.5) is 62.8 Å². The summed E-state index contributed by atoms with van der Waals surface area (Å²) in [6.07, 6.45) is -7.52. The second kappa shape index (κ2) is 8.17. The molecule has 0 aromatic heterocycles. The SMILES string of the molecule is CCN(C(=O)C(F)(F)C(F)(F)C(F)(F)C(F)(F)C(F)(F)C(F)(F)F)c1cccc(OC)c1. The van der Waals surface area contributed by atoms with Crippen molar-refractivity contribution in [2.75, 3.05) is 18.6 Å². The van der Waals surface area contributed by atoms with Crippen molar-refractivity contribution in [2.45, 2.75) is 42.7 Å². The minimum absolute atomic E-state index is 0.162. The van der Waals surface area contributed by atoms with Crippen molar-refractivity contribution in [1.82, 2.24) is 0 Å². The van der Waals surface area contributed by atoms with Crippen LogP contribution >= 0.6 is 0 Å². The summed E-state index contributed by atoms with van der Waals surface area (Å²) in [7, 11) is 1.05. The zero-order valence-electron chi connectivity index (χ0n) is 15.7. The molecule has 32 heavy (non-hydrogen) atoms. The average molecular weight is 497 g/mol. The van der Waals surface area contributed by atoms with Gasteiger partial charge < -0.3 is 9.64 Å². The Balaban J connectivity index is 3.56. The summed E-state index contributed by atoms with van der Waals surface area (Å²) in [5, 5.41) is 0. The highest BCUT2D eigenvalue weighted by molar-refractivity contribution is 5.99. The number of halogens is 13. The highest BCUT2D eigenvalue weighted by atomic mass is 19.4. The molecule has 184 valence electrons. The van der Waals surface area contributed by atoms with E-state index in [1.54, 1.807) is 0 Å². The first-order valence-corrected chi connectivity index (χ1v) is 8.07. The molecule has 0 heterocycles. The monoisotopic (exact) mass is 497 g/mol. The first-order chi connectivity index (χ1) is 14.1. The normalized spacial score (nSPS) is 14.3. The predicted molar refractivity (Wildman–Crippen MR) is 81.8 cm³/mol. The molecule has 1 rings (SSSR count). The van der Waals surface area contributed by atoms with Crippen molar-refractivity contribution >= 4 is 11.6 Å². The van der Waals surface area contributed by atoms with Crippen LogP contribution in [0, 0.1) is 0 Å². The number of alkyl halides is 13. The minimum atomic E-state index is -8.07. The number of methoxy groups -OCH3 is 1. The van der Waals surface area contributed by atoms with Crippen molar-refractivity contribution in [2.24, 2.45) is 0 Å². The molecule has 3 nitrogen and oxygen atoms in total. The molecular weight excluding hydrogens is 485 g/mol. The molecule has 0 bridgehead atoms. The van der Waals surface area contributed by atoms with Crippen LogP contribution in [0.1, 0.15) is 6.92 Å². The van der Waals surface area contributed by atoms with Gasteiger partial charge >= 0.3 is 41.7 Å². The highest BCUT2D eigenvalue weighted by Gasteiger charge is 2.91. The lowest BCUT2D eigenvalue weighted by Gasteiger charge is -2.40. The fourth-order valence-electron chi connectivity index (χ4n) is 2.30. The van der Waals surface area contributed by atoms with Gasteiger partial charge in [0.1, 0.15) is 5.75 Å². The smallest absolute Gasteiger partial charge is 0.460 e. The highest BCUT2D eigenvalue weighted by Crippen LogP contribution is 2.60. The van der Waals surface area contributed by atoms with E-state index in [1.807, 2.05) is 0 Å². The number of nitrogens with zero attached hydrogens (tertiary/aromatic N) is 1. The van der Waals surface area contributed by atoms with Crippen molar-refractivity contribution in [3.63, 3.8) is 0 Å². The van der Waals surface area contributed by atoms with Gasteiger partial charge in [0.2, 0.25) is 0 Å². The number of carbonyl (C=O) groups is 1. The van der Waals surface area contributed by atoms with Crippen molar-refractivity contribution in [3.8, 4) is 5.75 Å². The molecule has 0 fully saturated rings. The van der Waals surface area contributed by atoms with Crippen LogP contribution in [-0.4, -0.2) is 55.4 Å². The summed E-state index contributed by atoms with van der Waals surface area (Å²) < 4.78 is 176. The molecule has 0 atom stereocenters. The van der Waals surface area contributed by atoms with Gasteiger partial charge in [-0.1, -0.05) is 6.07 Å². The third-order valence-corrected chi connectivity index (χ3v) is 4.13. The standard InChI is InChI=1S/C16H12F13NO2/c1-3-30(8-5-4-6-9(7-8)32-2)10(31)11(17,18)12(19,20)13(21,22)14(23,24)15(25,26)16(27,28)29/h4-7H,3H2,1-2H3. The second-order valence-corrected chi connectivity index (χ2v) is 6.12. The maximum absolute atomic E-state index is 14.1. The lowest BCUT2D eigenvalue weighted by atomic mass is 9.93. The van der Waals surface area contributed by atoms with Gasteiger partial charge in [0.05, 0.1) is 7.11 Å². The molecule has 1 aromatic carbocycles. The summed E-state index contributed by atoms with van der Waals surface area (Å²) in [5.41, 5.74) is -0.692. The molecule has 0 aliphatic carbocycles. The molecule has 0 saturated carbocycles. The summed E-state index contributed by atoms with van der Waals surface area (Å²) in [6.45, 7) is -0.103. The molecule has 1 aromatic rings. The molecule has 16 heteroatoms. The third kappa shape index (κ3) is 3.91.